The summed E-state index contributed by atoms with van der Waals surface area (Å²) in [5, 5.41) is 10.8. The smallest absolute Gasteiger partial charge is 0.168 e. The first-order valence-corrected chi connectivity index (χ1v) is 8.62. The van der Waals surface area contributed by atoms with Crippen LogP contribution >= 0.6 is 0 Å². The molecule has 0 bridgehead atoms. The van der Waals surface area contributed by atoms with E-state index in [2.05, 4.69) is 26.0 Å². The summed E-state index contributed by atoms with van der Waals surface area (Å²) in [6.45, 7) is 6.38. The predicted molar refractivity (Wildman–Crippen MR) is 97.5 cm³/mol. The monoisotopic (exact) mass is 326 g/mol. The first-order valence-electron chi connectivity index (χ1n) is 8.62. The molecule has 1 aliphatic carbocycles. The van der Waals surface area contributed by atoms with Gasteiger partial charge in [0.2, 0.25) is 0 Å². The number of methoxy groups -OCH3 is 2. The Kier molecular flexibility index (Phi) is 4.44. The number of ether oxygens (including phenoxy) is 2. The molecule has 0 aromatic heterocycles. The van der Waals surface area contributed by atoms with Crippen LogP contribution in [0.3, 0.4) is 0 Å². The molecule has 3 nitrogen and oxygen atoms in total. The van der Waals surface area contributed by atoms with Gasteiger partial charge in [-0.05, 0) is 54.0 Å². The van der Waals surface area contributed by atoms with Crippen LogP contribution in [0.25, 0.3) is 11.1 Å². The van der Waals surface area contributed by atoms with Gasteiger partial charge in [0.25, 0.3) is 0 Å². The van der Waals surface area contributed by atoms with Crippen molar-refractivity contribution in [3.8, 4) is 28.4 Å². The summed E-state index contributed by atoms with van der Waals surface area (Å²) >= 11 is 0. The SMILES string of the molecule is CCCc1cc(OC)c(OC)c2c1C(C)Cc1ccc(C)c(O)c1-2. The minimum absolute atomic E-state index is 0.356. The predicted octanol–water partition coefficient (Wildman–Crippen LogP) is 5.00. The standard InChI is InChI=1S/C21H26O3/c1-6-7-14-11-16(23-4)21(24-5)19-17(14)13(3)10-15-9-8-12(2)20(22)18(15)19/h8-9,11,13,22H,6-7,10H2,1-5H3. The number of aryl methyl sites for hydroxylation is 2. The van der Waals surface area contributed by atoms with Crippen molar-refractivity contribution in [3.63, 3.8) is 0 Å². The number of rotatable bonds is 4. The zero-order valence-electron chi connectivity index (χ0n) is 15.2. The fourth-order valence-electron chi connectivity index (χ4n) is 3.97. The number of benzene rings is 2. The van der Waals surface area contributed by atoms with E-state index in [4.69, 9.17) is 9.47 Å². The Morgan fingerprint density at radius 1 is 1.17 bits per heavy atom. The lowest BCUT2D eigenvalue weighted by Crippen LogP contribution is -2.14. The summed E-state index contributed by atoms with van der Waals surface area (Å²) in [6, 6.07) is 6.23. The molecule has 0 radical (unpaired) electrons. The Morgan fingerprint density at radius 3 is 2.54 bits per heavy atom. The van der Waals surface area contributed by atoms with E-state index in [-0.39, 0.29) is 0 Å². The van der Waals surface area contributed by atoms with Gasteiger partial charge in [-0.2, -0.15) is 0 Å². The van der Waals surface area contributed by atoms with Gasteiger partial charge < -0.3 is 14.6 Å². The zero-order valence-corrected chi connectivity index (χ0v) is 15.2. The fourth-order valence-corrected chi connectivity index (χ4v) is 3.97. The molecule has 1 N–H and O–H groups in total. The highest BCUT2D eigenvalue weighted by Crippen LogP contribution is 2.53. The minimum Gasteiger partial charge on any atom is -0.507 e. The van der Waals surface area contributed by atoms with E-state index in [9.17, 15) is 5.11 Å². The molecule has 0 aliphatic heterocycles. The number of phenolic OH excluding ortho intramolecular Hbond substituents is 1. The molecule has 1 atom stereocenters. The number of fused-ring (bicyclic) bond motifs is 3. The first kappa shape index (κ1) is 16.7. The van der Waals surface area contributed by atoms with E-state index in [0.29, 0.717) is 11.7 Å². The van der Waals surface area contributed by atoms with Crippen molar-refractivity contribution in [1.82, 2.24) is 0 Å². The molecule has 0 heterocycles. The van der Waals surface area contributed by atoms with Crippen LogP contribution in [0, 0.1) is 6.92 Å². The van der Waals surface area contributed by atoms with Gasteiger partial charge in [-0.3, -0.25) is 0 Å². The molecule has 0 saturated heterocycles. The van der Waals surface area contributed by atoms with Crippen molar-refractivity contribution in [1.29, 1.82) is 0 Å². The van der Waals surface area contributed by atoms with E-state index in [0.717, 1.165) is 47.5 Å². The highest BCUT2D eigenvalue weighted by molar-refractivity contribution is 5.87. The van der Waals surface area contributed by atoms with Crippen molar-refractivity contribution in [2.24, 2.45) is 0 Å². The molecule has 0 fully saturated rings. The van der Waals surface area contributed by atoms with Crippen LogP contribution in [0.15, 0.2) is 18.2 Å². The Balaban J connectivity index is 2.43. The molecule has 128 valence electrons. The van der Waals surface area contributed by atoms with Crippen molar-refractivity contribution in [2.75, 3.05) is 14.2 Å². The molecule has 0 saturated carbocycles. The average Bonchev–Trinajstić information content (AvgIpc) is 2.57. The van der Waals surface area contributed by atoms with Gasteiger partial charge in [0, 0.05) is 11.1 Å². The van der Waals surface area contributed by atoms with Gasteiger partial charge in [-0.15, -0.1) is 0 Å². The van der Waals surface area contributed by atoms with Gasteiger partial charge in [-0.25, -0.2) is 0 Å². The Morgan fingerprint density at radius 2 is 1.92 bits per heavy atom. The van der Waals surface area contributed by atoms with Crippen LogP contribution in [-0.2, 0) is 12.8 Å². The van der Waals surface area contributed by atoms with Crippen molar-refractivity contribution in [3.05, 3.63) is 40.5 Å². The normalized spacial score (nSPS) is 15.6. The summed E-state index contributed by atoms with van der Waals surface area (Å²) in [4.78, 5) is 0. The maximum absolute atomic E-state index is 10.8. The van der Waals surface area contributed by atoms with Crippen molar-refractivity contribution >= 4 is 0 Å². The van der Waals surface area contributed by atoms with Crippen LogP contribution in [0.5, 0.6) is 17.2 Å². The van der Waals surface area contributed by atoms with Crippen LogP contribution in [0.2, 0.25) is 0 Å². The third-order valence-electron chi connectivity index (χ3n) is 5.05. The van der Waals surface area contributed by atoms with Gasteiger partial charge in [0.1, 0.15) is 5.75 Å². The van der Waals surface area contributed by atoms with E-state index in [1.807, 2.05) is 13.0 Å². The van der Waals surface area contributed by atoms with Crippen molar-refractivity contribution in [2.45, 2.75) is 46.0 Å². The molecule has 0 amide bonds. The highest BCUT2D eigenvalue weighted by atomic mass is 16.5. The summed E-state index contributed by atoms with van der Waals surface area (Å²) in [7, 11) is 3.34. The number of aromatic hydroxyl groups is 1. The van der Waals surface area contributed by atoms with Crippen LogP contribution < -0.4 is 9.47 Å². The number of phenols is 1. The molecule has 24 heavy (non-hydrogen) atoms. The highest BCUT2D eigenvalue weighted by Gasteiger charge is 2.31. The van der Waals surface area contributed by atoms with Crippen LogP contribution in [0.1, 0.15) is 48.4 Å². The second-order valence-electron chi connectivity index (χ2n) is 6.68. The Hall–Kier alpha value is -2.16. The molecule has 1 unspecified atom stereocenters. The third-order valence-corrected chi connectivity index (χ3v) is 5.05. The van der Waals surface area contributed by atoms with Gasteiger partial charge >= 0.3 is 0 Å². The molecular weight excluding hydrogens is 300 g/mol. The average molecular weight is 326 g/mol. The van der Waals surface area contributed by atoms with E-state index in [1.165, 1.54) is 16.7 Å². The van der Waals surface area contributed by atoms with E-state index in [1.54, 1.807) is 14.2 Å². The molecule has 2 aromatic carbocycles. The number of hydrogen-bond donors (Lipinski definition) is 1. The zero-order chi connectivity index (χ0) is 17.4. The molecule has 3 rings (SSSR count). The number of hydrogen-bond acceptors (Lipinski definition) is 3. The molecule has 1 aliphatic rings. The first-order chi connectivity index (χ1) is 11.5. The lowest BCUT2D eigenvalue weighted by Gasteiger charge is -2.31. The topological polar surface area (TPSA) is 38.7 Å². The second-order valence-corrected chi connectivity index (χ2v) is 6.68. The van der Waals surface area contributed by atoms with Gasteiger partial charge in [0.15, 0.2) is 11.5 Å². The third kappa shape index (κ3) is 2.43. The summed E-state index contributed by atoms with van der Waals surface area (Å²) in [6.07, 6.45) is 3.00. The van der Waals surface area contributed by atoms with Crippen LogP contribution in [0.4, 0.5) is 0 Å². The molecule has 3 heteroatoms. The summed E-state index contributed by atoms with van der Waals surface area (Å²) < 4.78 is 11.3. The van der Waals surface area contributed by atoms with E-state index >= 15 is 0 Å². The van der Waals surface area contributed by atoms with Gasteiger partial charge in [-0.1, -0.05) is 32.4 Å². The van der Waals surface area contributed by atoms with Gasteiger partial charge in [0.05, 0.1) is 14.2 Å². The van der Waals surface area contributed by atoms with Crippen LogP contribution in [-0.4, -0.2) is 19.3 Å². The van der Waals surface area contributed by atoms with Crippen molar-refractivity contribution < 1.29 is 14.6 Å². The summed E-state index contributed by atoms with van der Waals surface area (Å²) in [5.74, 6) is 2.20. The maximum Gasteiger partial charge on any atom is 0.168 e. The minimum atomic E-state index is 0.356. The Labute approximate surface area is 144 Å². The van der Waals surface area contributed by atoms with E-state index < -0.39 is 0 Å². The largest absolute Gasteiger partial charge is 0.507 e. The fraction of sp³-hybridized carbons (Fsp3) is 0.429. The summed E-state index contributed by atoms with van der Waals surface area (Å²) in [5.41, 5.74) is 6.57. The maximum atomic E-state index is 10.8. The molecular formula is C21H26O3. The lowest BCUT2D eigenvalue weighted by atomic mass is 9.75. The molecule has 2 aromatic rings. The molecule has 0 spiro atoms. The quantitative estimate of drug-likeness (QED) is 0.859. The lowest BCUT2D eigenvalue weighted by molar-refractivity contribution is 0.354. The second kappa shape index (κ2) is 6.39. The Bertz CT molecular complexity index is 777.